The fourth-order valence-electron chi connectivity index (χ4n) is 6.52. The number of carboxylic acids is 2. The molecule has 0 unspecified atom stereocenters. The highest BCUT2D eigenvalue weighted by Gasteiger charge is 2.32. The van der Waals surface area contributed by atoms with Gasteiger partial charge in [-0.05, 0) is 87.6 Å². The van der Waals surface area contributed by atoms with E-state index in [1.807, 2.05) is 24.3 Å². The van der Waals surface area contributed by atoms with E-state index in [2.05, 4.69) is 46.8 Å². The van der Waals surface area contributed by atoms with Gasteiger partial charge in [-0.15, -0.1) is 0 Å². The van der Waals surface area contributed by atoms with Gasteiger partial charge in [0, 0.05) is 0 Å². The smallest absolute Gasteiger partial charge is 0.336 e. The highest BCUT2D eigenvalue weighted by molar-refractivity contribution is 6.03. The van der Waals surface area contributed by atoms with E-state index in [0.717, 1.165) is 48.8 Å². The minimum atomic E-state index is -0.989. The van der Waals surface area contributed by atoms with Crippen LogP contribution in [0.25, 0.3) is 22.3 Å². The number of carboxylic acid groups (broad SMARTS) is 2. The van der Waals surface area contributed by atoms with Crippen LogP contribution >= 0.6 is 0 Å². The first-order valence-electron chi connectivity index (χ1n) is 13.7. The lowest BCUT2D eigenvalue weighted by molar-refractivity contribution is 0.0686. The molecule has 0 saturated heterocycles. The first kappa shape index (κ1) is 27.6. The van der Waals surface area contributed by atoms with Gasteiger partial charge in [-0.1, -0.05) is 96.3 Å². The molecule has 3 aromatic rings. The summed E-state index contributed by atoms with van der Waals surface area (Å²) in [5.41, 5.74) is 5.64. The Hall–Kier alpha value is -3.40. The van der Waals surface area contributed by atoms with Gasteiger partial charge in [0.05, 0.1) is 11.1 Å². The van der Waals surface area contributed by atoms with Crippen LogP contribution in [-0.2, 0) is 5.41 Å². The molecule has 0 atom stereocenters. The largest absolute Gasteiger partial charge is 0.478 e. The molecule has 1 fully saturated rings. The van der Waals surface area contributed by atoms with Crippen LogP contribution in [0.5, 0.6) is 0 Å². The van der Waals surface area contributed by atoms with E-state index in [4.69, 9.17) is 0 Å². The van der Waals surface area contributed by atoms with Crippen LogP contribution in [0.15, 0.2) is 60.7 Å². The van der Waals surface area contributed by atoms with Crippen molar-refractivity contribution < 1.29 is 19.8 Å². The zero-order valence-corrected chi connectivity index (χ0v) is 23.3. The Labute approximate surface area is 226 Å². The number of rotatable bonds is 7. The van der Waals surface area contributed by atoms with E-state index >= 15 is 0 Å². The molecule has 0 bridgehead atoms. The number of benzene rings is 3. The predicted octanol–water partition coefficient (Wildman–Crippen LogP) is 9.18. The Morgan fingerprint density at radius 3 is 1.82 bits per heavy atom. The number of hydrogen-bond donors (Lipinski definition) is 2. The van der Waals surface area contributed by atoms with Crippen LogP contribution in [0.2, 0.25) is 0 Å². The summed E-state index contributed by atoms with van der Waals surface area (Å²) in [5, 5.41) is 20.3. The zero-order valence-electron chi connectivity index (χ0n) is 23.3. The van der Waals surface area contributed by atoms with E-state index in [1.54, 1.807) is 24.3 Å². The Morgan fingerprint density at radius 1 is 0.737 bits per heavy atom. The molecule has 1 aliphatic rings. The molecular weight excluding hydrogens is 472 g/mol. The third-order valence-corrected chi connectivity index (χ3v) is 7.84. The van der Waals surface area contributed by atoms with Crippen molar-refractivity contribution >= 4 is 11.9 Å². The third kappa shape index (κ3) is 5.85. The molecule has 4 nitrogen and oxygen atoms in total. The number of hydrogen-bond acceptors (Lipinski definition) is 2. The van der Waals surface area contributed by atoms with Crippen molar-refractivity contribution in [1.82, 2.24) is 0 Å². The van der Waals surface area contributed by atoms with E-state index in [9.17, 15) is 19.8 Å². The van der Waals surface area contributed by atoms with Gasteiger partial charge in [0.2, 0.25) is 0 Å². The lowest BCUT2D eigenvalue weighted by Crippen LogP contribution is -2.25. The molecule has 0 amide bonds. The van der Waals surface area contributed by atoms with Crippen molar-refractivity contribution in [2.75, 3.05) is 0 Å². The van der Waals surface area contributed by atoms with Gasteiger partial charge in [-0.2, -0.15) is 0 Å². The van der Waals surface area contributed by atoms with Gasteiger partial charge in [0.1, 0.15) is 0 Å². The summed E-state index contributed by atoms with van der Waals surface area (Å²) >= 11 is 0. The molecule has 1 saturated carbocycles. The third-order valence-electron chi connectivity index (χ3n) is 7.84. The van der Waals surface area contributed by atoms with Crippen molar-refractivity contribution in [1.29, 1.82) is 0 Å². The van der Waals surface area contributed by atoms with Crippen LogP contribution in [0, 0.1) is 5.41 Å². The Morgan fingerprint density at radius 2 is 1.26 bits per heavy atom. The average Bonchev–Trinajstić information content (AvgIpc) is 2.87. The minimum Gasteiger partial charge on any atom is -0.478 e. The maximum absolute atomic E-state index is 12.4. The molecule has 4 heteroatoms. The van der Waals surface area contributed by atoms with Crippen molar-refractivity contribution in [2.24, 2.45) is 5.41 Å². The molecular formula is C34H40O4. The fraction of sp³-hybridized carbons (Fsp3) is 0.412. The van der Waals surface area contributed by atoms with E-state index in [0.29, 0.717) is 17.0 Å². The van der Waals surface area contributed by atoms with Gasteiger partial charge in [0.25, 0.3) is 0 Å². The topological polar surface area (TPSA) is 74.6 Å². The summed E-state index contributed by atoms with van der Waals surface area (Å²) in [5.74, 6) is -1.68. The lowest BCUT2D eigenvalue weighted by Gasteiger charge is -2.35. The zero-order chi connectivity index (χ0) is 27.7. The Balaban J connectivity index is 2.14. The molecule has 3 aromatic carbocycles. The molecule has 0 aromatic heterocycles. The lowest BCUT2D eigenvalue weighted by atomic mass is 9.69. The second kappa shape index (κ2) is 10.8. The SMILES string of the molecule is CC(C)(C)CC(C)(C)c1cc(-c2ccccc2C(=O)O)c(-c2ccccc2C(=O)O)c(C2CCCCC2)c1. The van der Waals surface area contributed by atoms with Crippen molar-refractivity contribution in [3.8, 4) is 22.3 Å². The Bertz CT molecular complexity index is 1340. The summed E-state index contributed by atoms with van der Waals surface area (Å²) in [6.45, 7) is 11.3. The maximum Gasteiger partial charge on any atom is 0.336 e. The van der Waals surface area contributed by atoms with Crippen LogP contribution in [-0.4, -0.2) is 22.2 Å². The number of carbonyl (C=O) groups is 2. The van der Waals surface area contributed by atoms with Gasteiger partial charge < -0.3 is 10.2 Å². The molecule has 0 aliphatic heterocycles. The average molecular weight is 513 g/mol. The van der Waals surface area contributed by atoms with Gasteiger partial charge >= 0.3 is 11.9 Å². The van der Waals surface area contributed by atoms with Gasteiger partial charge in [0.15, 0.2) is 0 Å². The summed E-state index contributed by atoms with van der Waals surface area (Å²) < 4.78 is 0. The van der Waals surface area contributed by atoms with Crippen LogP contribution in [0.4, 0.5) is 0 Å². The van der Waals surface area contributed by atoms with Gasteiger partial charge in [-0.3, -0.25) is 0 Å². The second-order valence-corrected chi connectivity index (χ2v) is 12.6. The van der Waals surface area contributed by atoms with Crippen LogP contribution < -0.4 is 0 Å². The highest BCUT2D eigenvalue weighted by atomic mass is 16.4. The summed E-state index contributed by atoms with van der Waals surface area (Å²) in [4.78, 5) is 24.8. The molecule has 0 heterocycles. The molecule has 200 valence electrons. The molecule has 0 radical (unpaired) electrons. The molecule has 1 aliphatic carbocycles. The van der Waals surface area contributed by atoms with E-state index in [-0.39, 0.29) is 22.0 Å². The first-order valence-corrected chi connectivity index (χ1v) is 13.7. The standard InChI is InChI=1S/C34H40O4/c1-33(2,3)21-34(4,5)23-19-28(22-13-7-6-8-14-22)30(25-16-10-12-18-27(25)32(37)38)29(20-23)24-15-9-11-17-26(24)31(35)36/h9-12,15-20,22H,6-8,13-14,21H2,1-5H3,(H,35,36)(H,37,38). The monoisotopic (exact) mass is 512 g/mol. The van der Waals surface area contributed by atoms with Crippen molar-refractivity contribution in [3.63, 3.8) is 0 Å². The molecule has 38 heavy (non-hydrogen) atoms. The second-order valence-electron chi connectivity index (χ2n) is 12.6. The molecule has 4 rings (SSSR count). The van der Waals surface area contributed by atoms with Gasteiger partial charge in [-0.25, -0.2) is 9.59 Å². The predicted molar refractivity (Wildman–Crippen MR) is 154 cm³/mol. The van der Waals surface area contributed by atoms with E-state index < -0.39 is 11.9 Å². The summed E-state index contributed by atoms with van der Waals surface area (Å²) in [7, 11) is 0. The highest BCUT2D eigenvalue weighted by Crippen LogP contribution is 2.48. The quantitative estimate of drug-likeness (QED) is 0.331. The molecule has 2 N–H and O–H groups in total. The number of aromatic carboxylic acids is 2. The van der Waals surface area contributed by atoms with Crippen molar-refractivity contribution in [3.05, 3.63) is 82.9 Å². The minimum absolute atomic E-state index is 0.0994. The molecule has 0 spiro atoms. The Kier molecular flexibility index (Phi) is 7.83. The normalized spacial score (nSPS) is 14.9. The fourth-order valence-corrected chi connectivity index (χ4v) is 6.52. The van der Waals surface area contributed by atoms with Crippen LogP contribution in [0.3, 0.4) is 0 Å². The summed E-state index contributed by atoms with van der Waals surface area (Å²) in [6.07, 6.45) is 6.54. The van der Waals surface area contributed by atoms with Crippen LogP contribution in [0.1, 0.15) is 111 Å². The van der Waals surface area contributed by atoms with Crippen molar-refractivity contribution in [2.45, 2.75) is 84.5 Å². The first-order chi connectivity index (χ1) is 17.9. The maximum atomic E-state index is 12.4. The van der Waals surface area contributed by atoms with E-state index in [1.165, 1.54) is 12.0 Å². The summed E-state index contributed by atoms with van der Waals surface area (Å²) in [6, 6.07) is 18.7.